The van der Waals surface area contributed by atoms with E-state index in [0.717, 1.165) is 0 Å². The second-order valence-electron chi connectivity index (χ2n) is 2.08. The average Bonchev–Trinajstić information content (AvgIpc) is 2.06. The van der Waals surface area contributed by atoms with Crippen LogP contribution in [0.2, 0.25) is 0 Å². The molecular formula is C7H9N2O2+. The van der Waals surface area contributed by atoms with Gasteiger partial charge in [-0.05, 0) is 0 Å². The lowest BCUT2D eigenvalue weighted by Crippen LogP contribution is -2.41. The zero-order valence-corrected chi connectivity index (χ0v) is 5.90. The van der Waals surface area contributed by atoms with E-state index in [2.05, 4.69) is 0 Å². The third-order valence-corrected chi connectivity index (χ3v) is 1.23. The summed E-state index contributed by atoms with van der Waals surface area (Å²) in [4.78, 5) is 10.6. The van der Waals surface area contributed by atoms with Crippen molar-refractivity contribution in [1.82, 2.24) is 5.48 Å². The minimum Gasteiger partial charge on any atom is -0.288 e. The van der Waals surface area contributed by atoms with Gasteiger partial charge >= 0.3 is 5.91 Å². The summed E-state index contributed by atoms with van der Waals surface area (Å²) >= 11 is 0. The summed E-state index contributed by atoms with van der Waals surface area (Å²) in [6, 6.07) is 5.47. The van der Waals surface area contributed by atoms with Gasteiger partial charge in [-0.25, -0.2) is 5.48 Å². The number of carbonyl (C=O) groups is 1. The third-order valence-electron chi connectivity index (χ3n) is 1.23. The number of amides is 1. The molecule has 0 spiro atoms. The van der Waals surface area contributed by atoms with Gasteiger partial charge in [0.15, 0.2) is 12.4 Å². The van der Waals surface area contributed by atoms with Crippen molar-refractivity contribution < 1.29 is 14.6 Å². The molecule has 1 rings (SSSR count). The van der Waals surface area contributed by atoms with Crippen molar-refractivity contribution in [2.45, 2.75) is 6.54 Å². The first-order valence-corrected chi connectivity index (χ1v) is 3.20. The van der Waals surface area contributed by atoms with Crippen LogP contribution in [-0.4, -0.2) is 11.1 Å². The quantitative estimate of drug-likeness (QED) is 0.341. The molecule has 0 unspecified atom stereocenters. The van der Waals surface area contributed by atoms with E-state index in [1.165, 1.54) is 0 Å². The molecule has 4 heteroatoms. The van der Waals surface area contributed by atoms with Gasteiger partial charge < -0.3 is 0 Å². The van der Waals surface area contributed by atoms with Crippen LogP contribution in [0, 0.1) is 0 Å². The lowest BCUT2D eigenvalue weighted by Gasteiger charge is -1.92. The van der Waals surface area contributed by atoms with Gasteiger partial charge in [0.25, 0.3) is 0 Å². The Labute approximate surface area is 64.1 Å². The molecule has 0 aromatic carbocycles. The summed E-state index contributed by atoms with van der Waals surface area (Å²) in [5, 5.41) is 8.18. The summed E-state index contributed by atoms with van der Waals surface area (Å²) in [7, 11) is 0. The number of nitrogens with zero attached hydrogens (tertiary/aromatic N) is 1. The zero-order valence-electron chi connectivity index (χ0n) is 5.90. The molecule has 1 aromatic rings. The molecule has 1 aromatic heterocycles. The second kappa shape index (κ2) is 3.68. The van der Waals surface area contributed by atoms with E-state index >= 15 is 0 Å². The standard InChI is InChI=1S/C7H8N2O2/c10-7(8-11)6-9-4-2-1-3-5-9/h1-5H,6H2,(H-,8,10,11)/p+1. The molecule has 0 bridgehead atoms. The number of carbonyl (C=O) groups excluding carboxylic acids is 1. The van der Waals surface area contributed by atoms with Crippen molar-refractivity contribution in [3.63, 3.8) is 0 Å². The first-order chi connectivity index (χ1) is 5.33. The number of rotatable bonds is 2. The lowest BCUT2D eigenvalue weighted by atomic mass is 10.5. The Morgan fingerprint density at radius 2 is 2.00 bits per heavy atom. The Balaban J connectivity index is 2.58. The lowest BCUT2D eigenvalue weighted by molar-refractivity contribution is -0.684. The van der Waals surface area contributed by atoms with E-state index < -0.39 is 5.91 Å². The van der Waals surface area contributed by atoms with Crippen LogP contribution in [-0.2, 0) is 11.3 Å². The number of pyridine rings is 1. The number of hydroxylamine groups is 1. The maximum atomic E-state index is 10.6. The Morgan fingerprint density at radius 3 is 2.55 bits per heavy atom. The molecule has 0 aliphatic rings. The molecule has 1 amide bonds. The molecular weight excluding hydrogens is 144 g/mol. The molecule has 0 aliphatic carbocycles. The van der Waals surface area contributed by atoms with Crippen LogP contribution in [0.15, 0.2) is 30.6 Å². The van der Waals surface area contributed by atoms with Gasteiger partial charge in [-0.2, -0.15) is 4.57 Å². The topological polar surface area (TPSA) is 53.2 Å². The van der Waals surface area contributed by atoms with Crippen molar-refractivity contribution in [2.24, 2.45) is 0 Å². The Morgan fingerprint density at radius 1 is 1.36 bits per heavy atom. The molecule has 58 valence electrons. The SMILES string of the molecule is O=C(C[n+]1ccccc1)NO. The highest BCUT2D eigenvalue weighted by Gasteiger charge is 2.04. The highest BCUT2D eigenvalue weighted by molar-refractivity contribution is 5.72. The average molecular weight is 153 g/mol. The van der Waals surface area contributed by atoms with Gasteiger partial charge in [-0.1, -0.05) is 6.07 Å². The highest BCUT2D eigenvalue weighted by Crippen LogP contribution is 1.76. The van der Waals surface area contributed by atoms with E-state index in [4.69, 9.17) is 5.21 Å². The van der Waals surface area contributed by atoms with Crippen molar-refractivity contribution in [2.75, 3.05) is 0 Å². The first kappa shape index (κ1) is 7.68. The van der Waals surface area contributed by atoms with E-state index in [1.54, 1.807) is 22.4 Å². The van der Waals surface area contributed by atoms with Crippen molar-refractivity contribution in [3.05, 3.63) is 30.6 Å². The van der Waals surface area contributed by atoms with Gasteiger partial charge in [0.05, 0.1) is 0 Å². The smallest absolute Gasteiger partial charge is 0.288 e. The predicted octanol–water partition coefficient (Wildman–Crippen LogP) is -0.521. The Kier molecular flexibility index (Phi) is 2.57. The molecule has 0 atom stereocenters. The summed E-state index contributed by atoms with van der Waals surface area (Å²) in [6.45, 7) is 0.136. The van der Waals surface area contributed by atoms with Gasteiger partial charge in [-0.3, -0.25) is 10.0 Å². The van der Waals surface area contributed by atoms with E-state index in [1.807, 2.05) is 18.2 Å². The number of nitrogens with one attached hydrogen (secondary N) is 1. The summed E-state index contributed by atoms with van der Waals surface area (Å²) in [5.41, 5.74) is 1.55. The van der Waals surface area contributed by atoms with E-state index in [9.17, 15) is 4.79 Å². The molecule has 0 fully saturated rings. The van der Waals surface area contributed by atoms with Gasteiger partial charge in [0.2, 0.25) is 6.54 Å². The van der Waals surface area contributed by atoms with E-state index in [0.29, 0.717) is 0 Å². The van der Waals surface area contributed by atoms with Gasteiger partial charge in [0.1, 0.15) is 0 Å². The number of hydrogen-bond acceptors (Lipinski definition) is 2. The van der Waals surface area contributed by atoms with Gasteiger partial charge in [0, 0.05) is 12.1 Å². The van der Waals surface area contributed by atoms with Gasteiger partial charge in [-0.15, -0.1) is 0 Å². The first-order valence-electron chi connectivity index (χ1n) is 3.20. The molecule has 0 aliphatic heterocycles. The molecule has 0 saturated carbocycles. The fourth-order valence-corrected chi connectivity index (χ4v) is 0.741. The Hall–Kier alpha value is -1.42. The van der Waals surface area contributed by atoms with Crippen LogP contribution >= 0.6 is 0 Å². The fourth-order valence-electron chi connectivity index (χ4n) is 0.741. The normalized spacial score (nSPS) is 9.18. The van der Waals surface area contributed by atoms with E-state index in [-0.39, 0.29) is 6.54 Å². The Bertz CT molecular complexity index is 235. The monoisotopic (exact) mass is 153 g/mol. The minimum atomic E-state index is -0.429. The van der Waals surface area contributed by atoms with Crippen LogP contribution in [0.25, 0.3) is 0 Å². The zero-order chi connectivity index (χ0) is 8.10. The van der Waals surface area contributed by atoms with Crippen LogP contribution in [0.3, 0.4) is 0 Å². The molecule has 4 nitrogen and oxygen atoms in total. The molecule has 1 heterocycles. The predicted molar refractivity (Wildman–Crippen MR) is 36.6 cm³/mol. The minimum absolute atomic E-state index is 0.136. The number of hydrogen-bond donors (Lipinski definition) is 2. The maximum absolute atomic E-state index is 10.6. The highest BCUT2D eigenvalue weighted by atomic mass is 16.5. The maximum Gasteiger partial charge on any atom is 0.309 e. The van der Waals surface area contributed by atoms with Crippen molar-refractivity contribution >= 4 is 5.91 Å². The largest absolute Gasteiger partial charge is 0.309 e. The van der Waals surface area contributed by atoms with Crippen LogP contribution in [0.5, 0.6) is 0 Å². The number of aromatic nitrogens is 1. The molecule has 0 saturated heterocycles. The molecule has 0 radical (unpaired) electrons. The molecule has 11 heavy (non-hydrogen) atoms. The van der Waals surface area contributed by atoms with Crippen LogP contribution in [0.1, 0.15) is 0 Å². The second-order valence-corrected chi connectivity index (χ2v) is 2.08. The summed E-state index contributed by atoms with van der Waals surface area (Å²) < 4.78 is 1.66. The third kappa shape index (κ3) is 2.35. The van der Waals surface area contributed by atoms with Crippen molar-refractivity contribution in [3.8, 4) is 0 Å². The molecule has 2 N–H and O–H groups in total. The summed E-state index contributed by atoms with van der Waals surface area (Å²) in [6.07, 6.45) is 3.49. The van der Waals surface area contributed by atoms with Crippen molar-refractivity contribution in [1.29, 1.82) is 0 Å². The fraction of sp³-hybridized carbons (Fsp3) is 0.143. The van der Waals surface area contributed by atoms with Crippen LogP contribution < -0.4 is 10.0 Å². The summed E-state index contributed by atoms with van der Waals surface area (Å²) in [5.74, 6) is -0.429. The van der Waals surface area contributed by atoms with Crippen LogP contribution in [0.4, 0.5) is 0 Å².